The van der Waals surface area contributed by atoms with Gasteiger partial charge in [0.15, 0.2) is 0 Å². The summed E-state index contributed by atoms with van der Waals surface area (Å²) in [6, 6.07) is 3.34. The van der Waals surface area contributed by atoms with Crippen LogP contribution in [0.5, 0.6) is 0 Å². The second-order valence-electron chi connectivity index (χ2n) is 4.99. The van der Waals surface area contributed by atoms with E-state index in [0.717, 1.165) is 24.6 Å². The maximum Gasteiger partial charge on any atom is 0.126 e. The molecule has 0 aromatic heterocycles. The zero-order valence-electron chi connectivity index (χ0n) is 10.5. The van der Waals surface area contributed by atoms with Crippen LogP contribution in [-0.4, -0.2) is 23.4 Å². The molecule has 2 unspecified atom stereocenters. The Labute approximate surface area is 106 Å². The van der Waals surface area contributed by atoms with Crippen LogP contribution in [0.4, 0.5) is 8.78 Å². The van der Waals surface area contributed by atoms with Crippen molar-refractivity contribution in [2.75, 3.05) is 6.61 Å². The van der Waals surface area contributed by atoms with Crippen LogP contribution in [0.2, 0.25) is 0 Å². The van der Waals surface area contributed by atoms with Crippen molar-refractivity contribution in [2.24, 2.45) is 0 Å². The normalized spacial score (nSPS) is 28.3. The van der Waals surface area contributed by atoms with E-state index in [9.17, 15) is 13.9 Å². The number of ether oxygens (including phenoxy) is 1. The van der Waals surface area contributed by atoms with Crippen LogP contribution < -0.4 is 0 Å². The SMILES string of the molecule is CCC1CC(O)(Cc2cc(F)ccc2F)CCO1. The zero-order valence-corrected chi connectivity index (χ0v) is 10.5. The summed E-state index contributed by atoms with van der Waals surface area (Å²) in [4.78, 5) is 0. The summed E-state index contributed by atoms with van der Waals surface area (Å²) in [7, 11) is 0. The number of rotatable bonds is 3. The number of halogens is 2. The maximum absolute atomic E-state index is 13.6. The highest BCUT2D eigenvalue weighted by Gasteiger charge is 2.35. The average molecular weight is 256 g/mol. The lowest BCUT2D eigenvalue weighted by molar-refractivity contribution is -0.103. The molecule has 0 aliphatic carbocycles. The smallest absolute Gasteiger partial charge is 0.126 e. The van der Waals surface area contributed by atoms with Gasteiger partial charge < -0.3 is 9.84 Å². The van der Waals surface area contributed by atoms with Crippen molar-refractivity contribution >= 4 is 0 Å². The van der Waals surface area contributed by atoms with Gasteiger partial charge in [-0.25, -0.2) is 8.78 Å². The minimum absolute atomic E-state index is 0.000343. The molecule has 1 aromatic carbocycles. The lowest BCUT2D eigenvalue weighted by Crippen LogP contribution is -2.42. The Bertz CT molecular complexity index is 422. The third kappa shape index (κ3) is 3.06. The second kappa shape index (κ2) is 5.33. The Kier molecular flexibility index (Phi) is 3.97. The molecular weight excluding hydrogens is 238 g/mol. The lowest BCUT2D eigenvalue weighted by Gasteiger charge is -2.36. The Morgan fingerprint density at radius 3 is 2.94 bits per heavy atom. The first-order valence-corrected chi connectivity index (χ1v) is 6.30. The maximum atomic E-state index is 13.6. The van der Waals surface area contributed by atoms with Crippen LogP contribution >= 0.6 is 0 Å². The van der Waals surface area contributed by atoms with Crippen LogP contribution in [0.25, 0.3) is 0 Å². The van der Waals surface area contributed by atoms with E-state index in [4.69, 9.17) is 4.74 Å². The van der Waals surface area contributed by atoms with Gasteiger partial charge in [0, 0.05) is 19.4 Å². The van der Waals surface area contributed by atoms with Crippen LogP contribution in [0.15, 0.2) is 18.2 Å². The van der Waals surface area contributed by atoms with Gasteiger partial charge in [-0.15, -0.1) is 0 Å². The number of hydrogen-bond donors (Lipinski definition) is 1. The van der Waals surface area contributed by atoms with Crippen LogP contribution in [0.1, 0.15) is 31.7 Å². The Morgan fingerprint density at radius 2 is 2.22 bits per heavy atom. The van der Waals surface area contributed by atoms with Crippen molar-refractivity contribution in [3.05, 3.63) is 35.4 Å². The highest BCUT2D eigenvalue weighted by atomic mass is 19.1. The minimum Gasteiger partial charge on any atom is -0.389 e. The molecule has 0 spiro atoms. The van der Waals surface area contributed by atoms with Crippen molar-refractivity contribution < 1.29 is 18.6 Å². The van der Waals surface area contributed by atoms with E-state index >= 15 is 0 Å². The number of benzene rings is 1. The van der Waals surface area contributed by atoms with Gasteiger partial charge in [-0.1, -0.05) is 6.92 Å². The molecule has 18 heavy (non-hydrogen) atoms. The fourth-order valence-electron chi connectivity index (χ4n) is 2.46. The molecule has 1 heterocycles. The highest BCUT2D eigenvalue weighted by molar-refractivity contribution is 5.21. The van der Waals surface area contributed by atoms with Crippen LogP contribution in [0.3, 0.4) is 0 Å². The first-order chi connectivity index (χ1) is 8.52. The molecule has 2 atom stereocenters. The summed E-state index contributed by atoms with van der Waals surface area (Å²) in [5.74, 6) is -0.946. The topological polar surface area (TPSA) is 29.5 Å². The van der Waals surface area contributed by atoms with Gasteiger partial charge in [-0.05, 0) is 36.6 Å². The molecule has 2 nitrogen and oxygen atoms in total. The predicted molar refractivity (Wildman–Crippen MR) is 64.3 cm³/mol. The second-order valence-corrected chi connectivity index (χ2v) is 4.99. The van der Waals surface area contributed by atoms with E-state index in [0.29, 0.717) is 19.4 Å². The van der Waals surface area contributed by atoms with E-state index in [-0.39, 0.29) is 18.1 Å². The molecule has 1 saturated heterocycles. The fraction of sp³-hybridized carbons (Fsp3) is 0.571. The van der Waals surface area contributed by atoms with E-state index in [1.54, 1.807) is 0 Å². The first kappa shape index (κ1) is 13.4. The molecule has 0 amide bonds. The number of aliphatic hydroxyl groups is 1. The molecule has 0 saturated carbocycles. The Morgan fingerprint density at radius 1 is 1.44 bits per heavy atom. The summed E-state index contributed by atoms with van der Waals surface area (Å²) < 4.78 is 32.1. The molecule has 4 heteroatoms. The minimum atomic E-state index is -0.992. The molecule has 1 fully saturated rings. The predicted octanol–water partition coefficient (Wildman–Crippen LogP) is 2.83. The van der Waals surface area contributed by atoms with Gasteiger partial charge in [-0.2, -0.15) is 0 Å². The van der Waals surface area contributed by atoms with Gasteiger partial charge >= 0.3 is 0 Å². The summed E-state index contributed by atoms with van der Waals surface area (Å²) in [5.41, 5.74) is -0.762. The summed E-state index contributed by atoms with van der Waals surface area (Å²) in [6.45, 7) is 2.45. The van der Waals surface area contributed by atoms with Crippen molar-refractivity contribution in [1.29, 1.82) is 0 Å². The Hall–Kier alpha value is -1.00. The summed E-state index contributed by atoms with van der Waals surface area (Å²) >= 11 is 0. The van der Waals surface area contributed by atoms with Crippen molar-refractivity contribution in [3.8, 4) is 0 Å². The monoisotopic (exact) mass is 256 g/mol. The molecule has 0 bridgehead atoms. The van der Waals surface area contributed by atoms with E-state index < -0.39 is 17.2 Å². The number of hydrogen-bond acceptors (Lipinski definition) is 2. The van der Waals surface area contributed by atoms with E-state index in [2.05, 4.69) is 0 Å². The molecule has 2 rings (SSSR count). The summed E-state index contributed by atoms with van der Waals surface area (Å²) in [5, 5.41) is 10.5. The fourth-order valence-corrected chi connectivity index (χ4v) is 2.46. The standard InChI is InChI=1S/C14H18F2O2/c1-2-12-9-14(17,5-6-18-12)8-10-7-11(15)3-4-13(10)16/h3-4,7,12,17H,2,5-6,8-9H2,1H3. The zero-order chi connectivity index (χ0) is 13.2. The van der Waals surface area contributed by atoms with Gasteiger partial charge in [0.05, 0.1) is 11.7 Å². The van der Waals surface area contributed by atoms with Crippen LogP contribution in [-0.2, 0) is 11.2 Å². The third-order valence-corrected chi connectivity index (χ3v) is 3.51. The first-order valence-electron chi connectivity index (χ1n) is 6.30. The van der Waals surface area contributed by atoms with E-state index in [1.165, 1.54) is 0 Å². The average Bonchev–Trinajstić information content (AvgIpc) is 2.33. The molecule has 1 aliphatic heterocycles. The lowest BCUT2D eigenvalue weighted by atomic mass is 9.84. The van der Waals surface area contributed by atoms with Gasteiger partial charge in [0.2, 0.25) is 0 Å². The molecule has 100 valence electrons. The highest BCUT2D eigenvalue weighted by Crippen LogP contribution is 2.30. The molecule has 0 radical (unpaired) electrons. The molecule has 1 aromatic rings. The van der Waals surface area contributed by atoms with Crippen molar-refractivity contribution in [1.82, 2.24) is 0 Å². The molecule has 1 aliphatic rings. The van der Waals surface area contributed by atoms with Crippen molar-refractivity contribution in [3.63, 3.8) is 0 Å². The molecular formula is C14H18F2O2. The summed E-state index contributed by atoms with van der Waals surface area (Å²) in [6.07, 6.45) is 1.88. The quantitative estimate of drug-likeness (QED) is 0.901. The van der Waals surface area contributed by atoms with Gasteiger partial charge in [-0.3, -0.25) is 0 Å². The largest absolute Gasteiger partial charge is 0.389 e. The van der Waals surface area contributed by atoms with E-state index in [1.807, 2.05) is 6.92 Å². The molecule has 1 N–H and O–H groups in total. The van der Waals surface area contributed by atoms with Crippen molar-refractivity contribution in [2.45, 2.75) is 44.3 Å². The third-order valence-electron chi connectivity index (χ3n) is 3.51. The Balaban J connectivity index is 2.14. The van der Waals surface area contributed by atoms with Gasteiger partial charge in [0.1, 0.15) is 11.6 Å². The van der Waals surface area contributed by atoms with Gasteiger partial charge in [0.25, 0.3) is 0 Å². The van der Waals surface area contributed by atoms with Crippen LogP contribution in [0, 0.1) is 11.6 Å².